The van der Waals surface area contributed by atoms with Crippen LogP contribution in [0.4, 0.5) is 10.1 Å². The van der Waals surface area contributed by atoms with Crippen molar-refractivity contribution in [3.05, 3.63) is 58.9 Å². The van der Waals surface area contributed by atoms with Crippen LogP contribution in [0.1, 0.15) is 39.1 Å². The van der Waals surface area contributed by atoms with Crippen LogP contribution in [-0.4, -0.2) is 36.9 Å². The van der Waals surface area contributed by atoms with Crippen molar-refractivity contribution in [1.82, 2.24) is 5.32 Å². The zero-order valence-electron chi connectivity index (χ0n) is 14.4. The fourth-order valence-corrected chi connectivity index (χ4v) is 3.11. The van der Waals surface area contributed by atoms with Crippen LogP contribution in [0.15, 0.2) is 36.4 Å². The van der Waals surface area contributed by atoms with E-state index in [0.717, 1.165) is 24.7 Å². The second-order valence-corrected chi connectivity index (χ2v) is 6.38. The topological polar surface area (TPSA) is 69.6 Å². The molecule has 0 bridgehead atoms. The zero-order chi connectivity index (χ0) is 18.5. The van der Waals surface area contributed by atoms with Gasteiger partial charge < -0.3 is 15.3 Å². The summed E-state index contributed by atoms with van der Waals surface area (Å²) < 4.78 is 13.5. The van der Waals surface area contributed by atoms with Crippen LogP contribution in [-0.2, 0) is 6.42 Å². The van der Waals surface area contributed by atoms with Crippen LogP contribution in [0, 0.1) is 5.82 Å². The van der Waals surface area contributed by atoms with Crippen molar-refractivity contribution in [2.45, 2.75) is 19.3 Å². The lowest BCUT2D eigenvalue weighted by atomic mass is 10.1. The van der Waals surface area contributed by atoms with Gasteiger partial charge in [-0.15, -0.1) is 0 Å². The first-order chi connectivity index (χ1) is 12.6. The van der Waals surface area contributed by atoms with E-state index in [1.165, 1.54) is 24.6 Å². The minimum absolute atomic E-state index is 0.00628. The number of nitrogens with zero attached hydrogens (tertiary/aromatic N) is 1. The number of nitrogens with one attached hydrogen (secondary N) is 1. The van der Waals surface area contributed by atoms with Gasteiger partial charge >= 0.3 is 0 Å². The lowest BCUT2D eigenvalue weighted by Gasteiger charge is -2.17. The Balaban J connectivity index is 1.55. The first-order valence-corrected chi connectivity index (χ1v) is 8.68. The number of hydrogen-bond donors (Lipinski definition) is 2. The van der Waals surface area contributed by atoms with E-state index in [0.29, 0.717) is 19.3 Å². The lowest BCUT2D eigenvalue weighted by Crippen LogP contribution is -2.26. The van der Waals surface area contributed by atoms with Crippen molar-refractivity contribution in [2.75, 3.05) is 24.5 Å². The summed E-state index contributed by atoms with van der Waals surface area (Å²) in [5, 5.41) is 12.1. The highest BCUT2D eigenvalue weighted by Gasteiger charge is 2.14. The highest BCUT2D eigenvalue weighted by molar-refractivity contribution is 5.96. The van der Waals surface area contributed by atoms with Gasteiger partial charge in [0.05, 0.1) is 5.56 Å². The zero-order valence-corrected chi connectivity index (χ0v) is 14.4. The molecule has 3 rings (SSSR count). The third kappa shape index (κ3) is 4.02. The number of hydrogen-bond acceptors (Lipinski definition) is 4. The Labute approximate surface area is 151 Å². The standard InChI is InChI=1S/C20H21FN2O3/c21-18-12-15(11-16(13-24)19(18)25)20(26)22-8-7-14-3-5-17(6-4-14)23-9-1-2-10-23/h3-6,11-13,25H,1-2,7-10H2,(H,22,26). The van der Waals surface area contributed by atoms with Crippen LogP contribution in [0.3, 0.4) is 0 Å². The molecule has 1 fully saturated rings. The van der Waals surface area contributed by atoms with Crippen LogP contribution in [0.25, 0.3) is 0 Å². The molecule has 1 amide bonds. The quantitative estimate of drug-likeness (QED) is 0.781. The van der Waals surface area contributed by atoms with Crippen molar-refractivity contribution in [3.63, 3.8) is 0 Å². The van der Waals surface area contributed by atoms with E-state index in [1.54, 1.807) is 0 Å². The summed E-state index contributed by atoms with van der Waals surface area (Å²) in [5.41, 5.74) is 2.08. The molecule has 6 heteroatoms. The van der Waals surface area contributed by atoms with Gasteiger partial charge in [-0.05, 0) is 49.1 Å². The van der Waals surface area contributed by atoms with E-state index in [2.05, 4.69) is 22.3 Å². The summed E-state index contributed by atoms with van der Waals surface area (Å²) in [4.78, 5) is 25.3. The van der Waals surface area contributed by atoms with Crippen LogP contribution < -0.4 is 10.2 Å². The van der Waals surface area contributed by atoms with E-state index >= 15 is 0 Å². The van der Waals surface area contributed by atoms with Crippen molar-refractivity contribution >= 4 is 17.9 Å². The second-order valence-electron chi connectivity index (χ2n) is 6.38. The van der Waals surface area contributed by atoms with Gasteiger partial charge in [-0.3, -0.25) is 9.59 Å². The van der Waals surface area contributed by atoms with E-state index in [4.69, 9.17) is 0 Å². The SMILES string of the molecule is O=Cc1cc(C(=O)NCCc2ccc(N3CCCC3)cc2)cc(F)c1O. The average molecular weight is 356 g/mol. The molecule has 0 spiro atoms. The molecule has 0 atom stereocenters. The summed E-state index contributed by atoms with van der Waals surface area (Å²) in [7, 11) is 0. The van der Waals surface area contributed by atoms with Gasteiger partial charge in [0.15, 0.2) is 17.9 Å². The summed E-state index contributed by atoms with van der Waals surface area (Å²) in [6.07, 6.45) is 3.43. The van der Waals surface area contributed by atoms with Crippen molar-refractivity contribution in [2.24, 2.45) is 0 Å². The monoisotopic (exact) mass is 356 g/mol. The predicted octanol–water partition coefficient (Wildman–Crippen LogP) is 2.92. The third-order valence-corrected chi connectivity index (χ3v) is 4.59. The third-order valence-electron chi connectivity index (χ3n) is 4.59. The molecular formula is C20H21FN2O3. The summed E-state index contributed by atoms with van der Waals surface area (Å²) in [6.45, 7) is 2.59. The number of amides is 1. The van der Waals surface area contributed by atoms with E-state index in [-0.39, 0.29) is 11.1 Å². The number of carbonyl (C=O) groups excluding carboxylic acids is 2. The van der Waals surface area contributed by atoms with Crippen molar-refractivity contribution in [1.29, 1.82) is 0 Å². The Morgan fingerprint density at radius 2 is 1.88 bits per heavy atom. The smallest absolute Gasteiger partial charge is 0.251 e. The average Bonchev–Trinajstić information content (AvgIpc) is 3.19. The molecule has 136 valence electrons. The number of aromatic hydroxyl groups is 1. The maximum Gasteiger partial charge on any atom is 0.251 e. The van der Waals surface area contributed by atoms with Crippen molar-refractivity contribution < 1.29 is 19.1 Å². The molecule has 2 N–H and O–H groups in total. The first-order valence-electron chi connectivity index (χ1n) is 8.68. The lowest BCUT2D eigenvalue weighted by molar-refractivity contribution is 0.0953. The fraction of sp³-hybridized carbons (Fsp3) is 0.300. The number of phenols is 1. The number of phenolic OH excluding ortho intramolecular Hbond substituents is 1. The number of anilines is 1. The Bertz CT molecular complexity index is 799. The van der Waals surface area contributed by atoms with E-state index < -0.39 is 17.5 Å². The highest BCUT2D eigenvalue weighted by Crippen LogP contribution is 2.22. The molecule has 1 saturated heterocycles. The minimum Gasteiger partial charge on any atom is -0.504 e. The minimum atomic E-state index is -0.989. The second kappa shape index (κ2) is 7.99. The molecule has 0 unspecified atom stereocenters. The fourth-order valence-electron chi connectivity index (χ4n) is 3.11. The molecule has 0 aromatic heterocycles. The number of benzene rings is 2. The number of carbonyl (C=O) groups is 2. The highest BCUT2D eigenvalue weighted by atomic mass is 19.1. The van der Waals surface area contributed by atoms with Crippen LogP contribution >= 0.6 is 0 Å². The molecule has 26 heavy (non-hydrogen) atoms. The normalized spacial score (nSPS) is 13.7. The summed E-state index contributed by atoms with van der Waals surface area (Å²) in [5.74, 6) is -2.22. The van der Waals surface area contributed by atoms with Gasteiger partial charge in [0.25, 0.3) is 5.91 Å². The summed E-state index contributed by atoms with van der Waals surface area (Å²) in [6, 6.07) is 10.4. The number of halogens is 1. The van der Waals surface area contributed by atoms with Gasteiger partial charge in [0, 0.05) is 30.9 Å². The van der Waals surface area contributed by atoms with Gasteiger partial charge in [0.1, 0.15) is 0 Å². The molecule has 2 aromatic rings. The van der Waals surface area contributed by atoms with Crippen LogP contribution in [0.5, 0.6) is 5.75 Å². The molecule has 0 aliphatic carbocycles. The molecule has 1 heterocycles. The predicted molar refractivity (Wildman–Crippen MR) is 97.4 cm³/mol. The number of aldehydes is 1. The molecule has 1 aliphatic rings. The molecule has 5 nitrogen and oxygen atoms in total. The largest absolute Gasteiger partial charge is 0.504 e. The van der Waals surface area contributed by atoms with Gasteiger partial charge in [-0.2, -0.15) is 0 Å². The maximum atomic E-state index is 13.5. The molecule has 0 radical (unpaired) electrons. The van der Waals surface area contributed by atoms with Gasteiger partial charge in [-0.1, -0.05) is 12.1 Å². The van der Waals surface area contributed by atoms with Gasteiger partial charge in [-0.25, -0.2) is 4.39 Å². The van der Waals surface area contributed by atoms with Gasteiger partial charge in [0.2, 0.25) is 0 Å². The summed E-state index contributed by atoms with van der Waals surface area (Å²) >= 11 is 0. The maximum absolute atomic E-state index is 13.5. The first kappa shape index (κ1) is 17.9. The van der Waals surface area contributed by atoms with E-state index in [9.17, 15) is 19.1 Å². The Hall–Kier alpha value is -2.89. The Morgan fingerprint density at radius 1 is 1.19 bits per heavy atom. The molecule has 2 aromatic carbocycles. The number of rotatable bonds is 6. The Kier molecular flexibility index (Phi) is 5.51. The van der Waals surface area contributed by atoms with Crippen LogP contribution in [0.2, 0.25) is 0 Å². The molecular weight excluding hydrogens is 335 g/mol. The molecule has 0 saturated carbocycles. The molecule has 1 aliphatic heterocycles. The Morgan fingerprint density at radius 3 is 2.54 bits per heavy atom. The van der Waals surface area contributed by atoms with E-state index in [1.807, 2.05) is 12.1 Å². The van der Waals surface area contributed by atoms with Crippen molar-refractivity contribution in [3.8, 4) is 5.75 Å².